The lowest BCUT2D eigenvalue weighted by Gasteiger charge is -2.10. The molecule has 0 fully saturated rings. The first-order chi connectivity index (χ1) is 9.20. The normalized spacial score (nSPS) is 12.3. The minimum Gasteiger partial charge on any atom is -0.391 e. The number of rotatable bonds is 5. The van der Waals surface area contributed by atoms with Gasteiger partial charge in [-0.25, -0.2) is 4.79 Å². The van der Waals surface area contributed by atoms with E-state index in [9.17, 15) is 9.90 Å². The van der Waals surface area contributed by atoms with Crippen molar-refractivity contribution in [3.8, 4) is 0 Å². The van der Waals surface area contributed by atoms with Gasteiger partial charge in [0.05, 0.1) is 6.10 Å². The van der Waals surface area contributed by atoms with E-state index in [1.54, 1.807) is 16.7 Å². The Kier molecular flexibility index (Phi) is 4.30. The smallest absolute Gasteiger partial charge is 0.321 e. The number of aromatic nitrogens is 3. The van der Waals surface area contributed by atoms with Crippen LogP contribution in [0.3, 0.4) is 0 Å². The van der Waals surface area contributed by atoms with Crippen LogP contribution in [0.2, 0.25) is 0 Å². The number of carbonyl (C=O) groups is 1. The van der Waals surface area contributed by atoms with Crippen molar-refractivity contribution < 1.29 is 9.90 Å². The first-order valence-electron chi connectivity index (χ1n) is 6.23. The van der Waals surface area contributed by atoms with Crippen LogP contribution in [-0.4, -0.2) is 38.4 Å². The van der Waals surface area contributed by atoms with E-state index < -0.39 is 12.1 Å². The van der Waals surface area contributed by atoms with Gasteiger partial charge in [0.1, 0.15) is 0 Å². The van der Waals surface area contributed by atoms with Gasteiger partial charge in [0.2, 0.25) is 5.95 Å². The SMILES string of the molecule is CCCC(O)CNC(=O)Nc1nnc2ccccn12. The molecule has 0 spiro atoms. The van der Waals surface area contributed by atoms with E-state index >= 15 is 0 Å². The molecule has 2 aromatic rings. The summed E-state index contributed by atoms with van der Waals surface area (Å²) in [6, 6.07) is 5.05. The van der Waals surface area contributed by atoms with Crippen LogP contribution in [0.4, 0.5) is 10.7 Å². The molecule has 2 amide bonds. The lowest BCUT2D eigenvalue weighted by atomic mass is 10.2. The standard InChI is InChI=1S/C12H17N5O2/c1-2-5-9(18)8-13-12(19)14-11-16-15-10-6-3-4-7-17(10)11/h3-4,6-7,9,18H,2,5,8H2,1H3,(H2,13,14,16,19). The van der Waals surface area contributed by atoms with Gasteiger partial charge in [-0.2, -0.15) is 0 Å². The predicted octanol–water partition coefficient (Wildman–Crippen LogP) is 1.01. The number of aliphatic hydroxyl groups excluding tert-OH is 1. The zero-order valence-corrected chi connectivity index (χ0v) is 10.7. The molecule has 0 aliphatic rings. The van der Waals surface area contributed by atoms with Gasteiger partial charge in [0, 0.05) is 12.7 Å². The fourth-order valence-corrected chi connectivity index (χ4v) is 1.72. The number of nitrogens with one attached hydrogen (secondary N) is 2. The molecule has 102 valence electrons. The van der Waals surface area contributed by atoms with Crippen LogP contribution in [0, 0.1) is 0 Å². The van der Waals surface area contributed by atoms with Gasteiger partial charge in [-0.05, 0) is 18.6 Å². The Morgan fingerprint density at radius 1 is 1.47 bits per heavy atom. The second kappa shape index (κ2) is 6.14. The van der Waals surface area contributed by atoms with E-state index in [0.717, 1.165) is 6.42 Å². The highest BCUT2D eigenvalue weighted by Crippen LogP contribution is 2.06. The van der Waals surface area contributed by atoms with Gasteiger partial charge in [0.25, 0.3) is 0 Å². The molecule has 2 heterocycles. The monoisotopic (exact) mass is 263 g/mol. The lowest BCUT2D eigenvalue weighted by Crippen LogP contribution is -2.35. The van der Waals surface area contributed by atoms with Gasteiger partial charge in [-0.15, -0.1) is 10.2 Å². The van der Waals surface area contributed by atoms with Crippen molar-refractivity contribution in [1.29, 1.82) is 0 Å². The van der Waals surface area contributed by atoms with Crippen molar-refractivity contribution in [3.63, 3.8) is 0 Å². The summed E-state index contributed by atoms with van der Waals surface area (Å²) >= 11 is 0. The molecule has 0 bridgehead atoms. The van der Waals surface area contributed by atoms with Gasteiger partial charge < -0.3 is 10.4 Å². The van der Waals surface area contributed by atoms with E-state index in [1.807, 2.05) is 19.1 Å². The predicted molar refractivity (Wildman–Crippen MR) is 70.9 cm³/mol. The molecule has 0 aliphatic carbocycles. The summed E-state index contributed by atoms with van der Waals surface area (Å²) in [7, 11) is 0. The van der Waals surface area contributed by atoms with Crippen molar-refractivity contribution in [3.05, 3.63) is 24.4 Å². The molecule has 0 saturated heterocycles. The Morgan fingerprint density at radius 3 is 3.11 bits per heavy atom. The number of amides is 2. The van der Waals surface area contributed by atoms with Crippen molar-refractivity contribution in [2.75, 3.05) is 11.9 Å². The molecule has 0 aliphatic heterocycles. The Morgan fingerprint density at radius 2 is 2.32 bits per heavy atom. The summed E-state index contributed by atoms with van der Waals surface area (Å²) in [5.74, 6) is 0.345. The molecule has 0 saturated carbocycles. The molecule has 7 nitrogen and oxygen atoms in total. The first kappa shape index (κ1) is 13.3. The first-order valence-corrected chi connectivity index (χ1v) is 6.23. The van der Waals surface area contributed by atoms with E-state index in [-0.39, 0.29) is 6.54 Å². The van der Waals surface area contributed by atoms with E-state index in [2.05, 4.69) is 20.8 Å². The zero-order chi connectivity index (χ0) is 13.7. The minimum absolute atomic E-state index is 0.219. The summed E-state index contributed by atoms with van der Waals surface area (Å²) in [5, 5.41) is 22.5. The quantitative estimate of drug-likeness (QED) is 0.750. The van der Waals surface area contributed by atoms with Crippen LogP contribution in [0.5, 0.6) is 0 Å². The van der Waals surface area contributed by atoms with Gasteiger partial charge >= 0.3 is 6.03 Å². The molecule has 2 aromatic heterocycles. The van der Waals surface area contributed by atoms with Crippen molar-refractivity contribution in [2.24, 2.45) is 0 Å². The van der Waals surface area contributed by atoms with Gasteiger partial charge in [0.15, 0.2) is 5.65 Å². The van der Waals surface area contributed by atoms with E-state index in [0.29, 0.717) is 18.0 Å². The molecule has 1 atom stereocenters. The summed E-state index contributed by atoms with van der Waals surface area (Å²) in [6.45, 7) is 2.20. The third-order valence-corrected chi connectivity index (χ3v) is 2.66. The number of pyridine rings is 1. The fourth-order valence-electron chi connectivity index (χ4n) is 1.72. The van der Waals surface area contributed by atoms with E-state index in [4.69, 9.17) is 0 Å². The number of fused-ring (bicyclic) bond motifs is 1. The van der Waals surface area contributed by atoms with Crippen LogP contribution < -0.4 is 10.6 Å². The average Bonchev–Trinajstić information content (AvgIpc) is 2.80. The number of hydrogen-bond donors (Lipinski definition) is 3. The number of hydrogen-bond acceptors (Lipinski definition) is 4. The largest absolute Gasteiger partial charge is 0.391 e. The third kappa shape index (κ3) is 3.41. The highest BCUT2D eigenvalue weighted by Gasteiger charge is 2.09. The summed E-state index contributed by atoms with van der Waals surface area (Å²) in [6.07, 6.45) is 2.77. The Hall–Kier alpha value is -2.15. The molecule has 19 heavy (non-hydrogen) atoms. The maximum atomic E-state index is 11.6. The molecule has 2 rings (SSSR count). The molecule has 1 unspecified atom stereocenters. The molecular formula is C12H17N5O2. The lowest BCUT2D eigenvalue weighted by molar-refractivity contribution is 0.162. The van der Waals surface area contributed by atoms with Crippen LogP contribution in [0.1, 0.15) is 19.8 Å². The summed E-state index contributed by atoms with van der Waals surface area (Å²) < 4.78 is 1.67. The van der Waals surface area contributed by atoms with Gasteiger partial charge in [-0.3, -0.25) is 9.72 Å². The van der Waals surface area contributed by atoms with Crippen molar-refractivity contribution >= 4 is 17.6 Å². The number of anilines is 1. The third-order valence-electron chi connectivity index (χ3n) is 2.66. The minimum atomic E-state index is -0.522. The Balaban J connectivity index is 1.92. The molecule has 0 aromatic carbocycles. The van der Waals surface area contributed by atoms with E-state index in [1.165, 1.54) is 0 Å². The molecule has 3 N–H and O–H groups in total. The highest BCUT2D eigenvalue weighted by atomic mass is 16.3. The molecule has 0 radical (unpaired) electrons. The van der Waals surface area contributed by atoms with Crippen LogP contribution in [0.15, 0.2) is 24.4 Å². The zero-order valence-electron chi connectivity index (χ0n) is 10.7. The fraction of sp³-hybridized carbons (Fsp3) is 0.417. The second-order valence-corrected chi connectivity index (χ2v) is 4.23. The van der Waals surface area contributed by atoms with Crippen LogP contribution >= 0.6 is 0 Å². The Labute approximate surface area is 110 Å². The maximum absolute atomic E-state index is 11.6. The summed E-state index contributed by atoms with van der Waals surface area (Å²) in [4.78, 5) is 11.6. The summed E-state index contributed by atoms with van der Waals surface area (Å²) in [5.41, 5.74) is 0.656. The number of aliphatic hydroxyl groups is 1. The second-order valence-electron chi connectivity index (χ2n) is 4.23. The average molecular weight is 263 g/mol. The van der Waals surface area contributed by atoms with Crippen molar-refractivity contribution in [2.45, 2.75) is 25.9 Å². The topological polar surface area (TPSA) is 91.5 Å². The molecule has 7 heteroatoms. The number of urea groups is 1. The van der Waals surface area contributed by atoms with Crippen LogP contribution in [-0.2, 0) is 0 Å². The van der Waals surface area contributed by atoms with Crippen molar-refractivity contribution in [1.82, 2.24) is 19.9 Å². The van der Waals surface area contributed by atoms with Crippen LogP contribution in [0.25, 0.3) is 5.65 Å². The Bertz CT molecular complexity index is 554. The maximum Gasteiger partial charge on any atom is 0.321 e. The van der Waals surface area contributed by atoms with Gasteiger partial charge in [-0.1, -0.05) is 19.4 Å². The molecular weight excluding hydrogens is 246 g/mol. The highest BCUT2D eigenvalue weighted by molar-refractivity contribution is 5.87. The number of nitrogens with zero attached hydrogens (tertiary/aromatic N) is 3. The number of carbonyl (C=O) groups excluding carboxylic acids is 1.